The minimum Gasteiger partial charge on any atom is -0.466 e. The Kier molecular flexibility index (Phi) is 8.55. The molecule has 2 aliphatic heterocycles. The van der Waals surface area contributed by atoms with Gasteiger partial charge in [-0.3, -0.25) is 4.79 Å². The third-order valence-corrected chi connectivity index (χ3v) is 6.47. The lowest BCUT2D eigenvalue weighted by molar-refractivity contribution is -0.143. The molecule has 0 bridgehead atoms. The predicted molar refractivity (Wildman–Crippen MR) is 118 cm³/mol. The molecule has 0 saturated carbocycles. The van der Waals surface area contributed by atoms with Gasteiger partial charge in [0.2, 0.25) is 0 Å². The van der Waals surface area contributed by atoms with E-state index < -0.39 is 0 Å². The lowest BCUT2D eigenvalue weighted by Gasteiger charge is -2.37. The molecule has 2 amide bonds. The Morgan fingerprint density at radius 2 is 1.73 bits per heavy atom. The molecule has 1 aromatic carbocycles. The number of esters is 1. The van der Waals surface area contributed by atoms with Crippen LogP contribution in [0.3, 0.4) is 0 Å². The topological polar surface area (TPSA) is 61.9 Å². The number of hydrogen-bond donors (Lipinski definition) is 1. The molecule has 1 aromatic rings. The molecular weight excluding hydrogens is 378 g/mol. The second-order valence-electron chi connectivity index (χ2n) is 8.84. The Balaban J connectivity index is 1.49. The van der Waals surface area contributed by atoms with Crippen LogP contribution in [0.4, 0.5) is 4.79 Å². The fraction of sp³-hybridized carbons (Fsp3) is 0.667. The van der Waals surface area contributed by atoms with E-state index in [1.807, 2.05) is 35.2 Å². The van der Waals surface area contributed by atoms with Gasteiger partial charge in [-0.05, 0) is 63.1 Å². The van der Waals surface area contributed by atoms with E-state index >= 15 is 0 Å². The molecule has 1 atom stereocenters. The van der Waals surface area contributed by atoms with Crippen LogP contribution in [-0.4, -0.2) is 61.1 Å². The van der Waals surface area contributed by atoms with Crippen molar-refractivity contribution in [2.45, 2.75) is 52.0 Å². The normalized spacial score (nSPS) is 20.0. The number of likely N-dealkylation sites (tertiary alicyclic amines) is 2. The van der Waals surface area contributed by atoms with Crippen molar-refractivity contribution in [1.82, 2.24) is 15.1 Å². The van der Waals surface area contributed by atoms with E-state index in [-0.39, 0.29) is 24.5 Å². The van der Waals surface area contributed by atoms with E-state index in [0.717, 1.165) is 44.0 Å². The molecule has 2 fully saturated rings. The fourth-order valence-corrected chi connectivity index (χ4v) is 4.49. The third-order valence-electron chi connectivity index (χ3n) is 6.47. The first-order valence-electron chi connectivity index (χ1n) is 11.5. The summed E-state index contributed by atoms with van der Waals surface area (Å²) in [7, 11) is 0. The maximum atomic E-state index is 12.9. The van der Waals surface area contributed by atoms with Crippen molar-refractivity contribution in [1.29, 1.82) is 0 Å². The molecule has 3 rings (SSSR count). The summed E-state index contributed by atoms with van der Waals surface area (Å²) < 4.78 is 5.11. The van der Waals surface area contributed by atoms with Gasteiger partial charge in [-0.1, -0.05) is 37.3 Å². The average molecular weight is 416 g/mol. The summed E-state index contributed by atoms with van der Waals surface area (Å²) in [6, 6.07) is 9.20. The second kappa shape index (κ2) is 11.3. The summed E-state index contributed by atoms with van der Waals surface area (Å²) in [4.78, 5) is 29.5. The van der Waals surface area contributed by atoms with Crippen molar-refractivity contribution in [3.05, 3.63) is 35.9 Å². The smallest absolute Gasteiger partial charge is 0.317 e. The van der Waals surface area contributed by atoms with Gasteiger partial charge in [0.15, 0.2) is 0 Å². The first-order chi connectivity index (χ1) is 14.5. The molecule has 0 aliphatic carbocycles. The summed E-state index contributed by atoms with van der Waals surface area (Å²) >= 11 is 0. The van der Waals surface area contributed by atoms with Crippen LogP contribution in [0, 0.1) is 11.8 Å². The average Bonchev–Trinajstić information content (AvgIpc) is 2.76. The monoisotopic (exact) mass is 415 g/mol. The van der Waals surface area contributed by atoms with Crippen LogP contribution in [0.2, 0.25) is 0 Å². The minimum atomic E-state index is -0.370. The lowest BCUT2D eigenvalue weighted by Crippen LogP contribution is -2.47. The first-order valence-corrected chi connectivity index (χ1v) is 11.5. The summed E-state index contributed by atoms with van der Waals surface area (Å²) in [6.07, 6.45) is 4.86. The number of nitrogens with zero attached hydrogens (tertiary/aromatic N) is 2. The summed E-state index contributed by atoms with van der Waals surface area (Å²) in [5, 5.41) is 3.07. The highest BCUT2D eigenvalue weighted by Gasteiger charge is 2.27. The number of hydrogen-bond acceptors (Lipinski definition) is 4. The van der Waals surface area contributed by atoms with Crippen molar-refractivity contribution < 1.29 is 14.3 Å². The number of carbonyl (C=O) groups excluding carboxylic acids is 2. The van der Waals surface area contributed by atoms with Crippen molar-refractivity contribution in [3.8, 4) is 0 Å². The molecule has 0 spiro atoms. The third kappa shape index (κ3) is 6.73. The molecule has 1 unspecified atom stereocenters. The van der Waals surface area contributed by atoms with E-state index in [4.69, 9.17) is 4.74 Å². The van der Waals surface area contributed by atoms with Gasteiger partial charge in [-0.25, -0.2) is 4.79 Å². The molecule has 1 N–H and O–H groups in total. The van der Waals surface area contributed by atoms with Gasteiger partial charge in [0.25, 0.3) is 0 Å². The zero-order valence-corrected chi connectivity index (χ0v) is 18.5. The predicted octanol–water partition coefficient (Wildman–Crippen LogP) is 3.83. The molecule has 6 nitrogen and oxygen atoms in total. The number of amides is 2. The number of rotatable bonds is 7. The van der Waals surface area contributed by atoms with Crippen LogP contribution in [0.5, 0.6) is 0 Å². The Morgan fingerprint density at radius 1 is 1.07 bits per heavy atom. The zero-order valence-electron chi connectivity index (χ0n) is 18.5. The highest BCUT2D eigenvalue weighted by Crippen LogP contribution is 2.23. The maximum Gasteiger partial charge on any atom is 0.317 e. The minimum absolute atomic E-state index is 0.0848. The molecule has 2 heterocycles. The molecule has 0 aromatic heterocycles. The van der Waals surface area contributed by atoms with Crippen LogP contribution < -0.4 is 5.32 Å². The molecule has 2 saturated heterocycles. The number of ether oxygens (including phenoxy) is 1. The van der Waals surface area contributed by atoms with Crippen LogP contribution in [-0.2, 0) is 9.53 Å². The van der Waals surface area contributed by atoms with Gasteiger partial charge in [-0.15, -0.1) is 0 Å². The van der Waals surface area contributed by atoms with Crippen LogP contribution in [0.15, 0.2) is 30.3 Å². The lowest BCUT2D eigenvalue weighted by atomic mass is 9.93. The molecule has 30 heavy (non-hydrogen) atoms. The standard InChI is InChI=1S/C24H37N3O3/c1-3-30-23(28)17-22(21-7-5-4-6-8-21)25-24(29)27-15-11-20(12-16-27)18-26-13-9-19(2)10-14-26/h4-8,19-20,22H,3,9-18H2,1-2H3,(H,25,29). The van der Waals surface area contributed by atoms with E-state index in [2.05, 4.69) is 17.1 Å². The molecule has 0 radical (unpaired) electrons. The number of urea groups is 1. The van der Waals surface area contributed by atoms with Gasteiger partial charge in [0.1, 0.15) is 0 Å². The summed E-state index contributed by atoms with van der Waals surface area (Å²) in [5.41, 5.74) is 0.924. The molecular formula is C24H37N3O3. The number of carbonyl (C=O) groups is 2. The van der Waals surface area contributed by atoms with Crippen molar-refractivity contribution >= 4 is 12.0 Å². The number of nitrogens with one attached hydrogen (secondary N) is 1. The van der Waals surface area contributed by atoms with Gasteiger partial charge < -0.3 is 19.9 Å². The van der Waals surface area contributed by atoms with Crippen molar-refractivity contribution in [2.75, 3.05) is 39.3 Å². The zero-order chi connectivity index (χ0) is 21.3. The SMILES string of the molecule is CCOC(=O)CC(NC(=O)N1CCC(CN2CCC(C)CC2)CC1)c1ccccc1. The van der Waals surface area contributed by atoms with E-state index in [9.17, 15) is 9.59 Å². The van der Waals surface area contributed by atoms with Gasteiger partial charge in [0.05, 0.1) is 19.1 Å². The van der Waals surface area contributed by atoms with E-state index in [0.29, 0.717) is 12.5 Å². The van der Waals surface area contributed by atoms with E-state index in [1.165, 1.54) is 25.9 Å². The summed E-state index contributed by atoms with van der Waals surface area (Å²) in [6.45, 7) is 9.64. The van der Waals surface area contributed by atoms with E-state index in [1.54, 1.807) is 6.92 Å². The van der Waals surface area contributed by atoms with Crippen LogP contribution >= 0.6 is 0 Å². The first kappa shape index (κ1) is 22.6. The second-order valence-corrected chi connectivity index (χ2v) is 8.84. The van der Waals surface area contributed by atoms with Crippen LogP contribution in [0.1, 0.15) is 57.6 Å². The largest absolute Gasteiger partial charge is 0.466 e. The Bertz CT molecular complexity index is 666. The molecule has 2 aliphatic rings. The van der Waals surface area contributed by atoms with Gasteiger partial charge in [-0.2, -0.15) is 0 Å². The Morgan fingerprint density at radius 3 is 2.37 bits per heavy atom. The summed E-state index contributed by atoms with van der Waals surface area (Å²) in [5.74, 6) is 1.24. The highest BCUT2D eigenvalue weighted by atomic mass is 16.5. The highest BCUT2D eigenvalue weighted by molar-refractivity contribution is 5.77. The number of benzene rings is 1. The van der Waals surface area contributed by atoms with Crippen molar-refractivity contribution in [3.63, 3.8) is 0 Å². The van der Waals surface area contributed by atoms with Gasteiger partial charge >= 0.3 is 12.0 Å². The van der Waals surface area contributed by atoms with Gasteiger partial charge in [0, 0.05) is 19.6 Å². The molecule has 6 heteroatoms. The Labute approximate surface area is 180 Å². The fourth-order valence-electron chi connectivity index (χ4n) is 4.49. The quantitative estimate of drug-likeness (QED) is 0.688. The Hall–Kier alpha value is -2.08. The van der Waals surface area contributed by atoms with Crippen molar-refractivity contribution in [2.24, 2.45) is 11.8 Å². The number of piperidine rings is 2. The van der Waals surface area contributed by atoms with Crippen LogP contribution in [0.25, 0.3) is 0 Å². The maximum absolute atomic E-state index is 12.9. The molecule has 166 valence electrons.